The van der Waals surface area contributed by atoms with E-state index in [0.29, 0.717) is 11.0 Å². The number of carboxylic acids is 1. The Morgan fingerprint density at radius 2 is 1.86 bits per heavy atom. The molecule has 1 saturated heterocycles. The average Bonchev–Trinajstić information content (AvgIpc) is 2.92. The summed E-state index contributed by atoms with van der Waals surface area (Å²) in [6, 6.07) is -1.02. The van der Waals surface area contributed by atoms with Crippen molar-refractivity contribution in [2.45, 2.75) is 25.3 Å². The monoisotopic (exact) mass is 610 g/mol. The third kappa shape index (κ3) is 5.47. The van der Waals surface area contributed by atoms with Crippen LogP contribution >= 0.6 is 11.6 Å². The van der Waals surface area contributed by atoms with E-state index in [4.69, 9.17) is 16.3 Å². The minimum atomic E-state index is -2.12. The first-order valence-corrected chi connectivity index (χ1v) is 12.6. The maximum Gasteiger partial charge on any atom is 0.547 e. The van der Waals surface area contributed by atoms with Gasteiger partial charge in [0.05, 0.1) is 11.0 Å². The van der Waals surface area contributed by atoms with Gasteiger partial charge in [0.25, 0.3) is 0 Å². The highest BCUT2D eigenvalue weighted by molar-refractivity contribution is 6.47. The number of nitrogens with one attached hydrogen (secondary N) is 2. The topological polar surface area (TPSA) is 206 Å². The number of rotatable bonds is 6. The van der Waals surface area contributed by atoms with E-state index in [1.54, 1.807) is 6.92 Å². The molecule has 14 nitrogen and oxygen atoms in total. The molecule has 2 aromatic carbocycles. The Bertz CT molecular complexity index is 1510. The molecule has 222 valence electrons. The number of nitrogens with zero attached hydrogens (tertiary/aromatic N) is 2. The lowest BCUT2D eigenvalue weighted by Crippen LogP contribution is -2.60. The van der Waals surface area contributed by atoms with E-state index in [1.807, 2.05) is 0 Å². The van der Waals surface area contributed by atoms with Crippen LogP contribution in [0, 0.1) is 11.6 Å². The van der Waals surface area contributed by atoms with Crippen molar-refractivity contribution in [3.05, 3.63) is 51.5 Å². The number of aromatic hydroxyl groups is 2. The van der Waals surface area contributed by atoms with Crippen molar-refractivity contribution in [3.63, 3.8) is 0 Å². The fourth-order valence-electron chi connectivity index (χ4n) is 4.54. The molecule has 2 atom stereocenters. The smallest absolute Gasteiger partial charge is 0.534 e. The van der Waals surface area contributed by atoms with E-state index in [1.165, 1.54) is 4.90 Å². The van der Waals surface area contributed by atoms with Crippen molar-refractivity contribution in [1.29, 1.82) is 0 Å². The number of fused-ring (bicyclic) bond motifs is 1. The Hall–Kier alpha value is -4.64. The van der Waals surface area contributed by atoms with Gasteiger partial charge >= 0.3 is 30.9 Å². The summed E-state index contributed by atoms with van der Waals surface area (Å²) in [6.45, 7) is 1.51. The molecule has 0 spiro atoms. The first kappa shape index (κ1) is 30.3. The molecule has 0 bridgehead atoms. The number of likely N-dealkylation sites (N-methyl/N-ethyl adjacent to an activating group) is 1. The molecule has 2 aliphatic rings. The number of benzene rings is 2. The standard InChI is InChI=1S/C24H22BClF2N4O10/c1-2-31-5-6-32(22(37)21(31)36)24(40)30-17(14-11(28)8-12(33)18(34)16(14)26)20(35)29-13-7-9-3-4-10(27)15(23(38)39)19(9)42-25(13)41/h3-4,8,13,17,33-34,41H,2,5-7H2,1H3,(H,29,35)(H,30,40)(H,38,39). The van der Waals surface area contributed by atoms with Gasteiger partial charge in [0.1, 0.15) is 29.0 Å². The number of hydrogen-bond donors (Lipinski definition) is 6. The number of phenolic OH excluding ortho intramolecular Hbond substituents is 2. The number of aromatic carboxylic acids is 1. The van der Waals surface area contributed by atoms with Crippen LogP contribution in [0.3, 0.4) is 0 Å². The number of carbonyl (C=O) groups excluding carboxylic acids is 4. The number of amides is 5. The summed E-state index contributed by atoms with van der Waals surface area (Å²) < 4.78 is 34.3. The quantitative estimate of drug-likeness (QED) is 0.150. The first-order valence-electron chi connectivity index (χ1n) is 12.3. The summed E-state index contributed by atoms with van der Waals surface area (Å²) in [6.07, 6.45) is -0.313. The van der Waals surface area contributed by atoms with Gasteiger partial charge in [0, 0.05) is 31.3 Å². The number of halogens is 3. The second-order valence-corrected chi connectivity index (χ2v) is 9.60. The average molecular weight is 611 g/mol. The number of hydrogen-bond acceptors (Lipinski definition) is 9. The molecule has 2 heterocycles. The SMILES string of the molecule is CCN1CCN(C(=O)NC(C(=O)NC2Cc3ccc(F)c(C(=O)O)c3OB2O)c2c(F)cc(O)c(O)c2Cl)C(=O)C1=O. The molecule has 2 aliphatic heterocycles. The number of imide groups is 1. The van der Waals surface area contributed by atoms with Crippen LogP contribution in [0.15, 0.2) is 18.2 Å². The summed E-state index contributed by atoms with van der Waals surface area (Å²) >= 11 is 6.01. The molecule has 0 radical (unpaired) electrons. The second kappa shape index (κ2) is 11.7. The molecule has 5 amide bonds. The molecule has 1 fully saturated rings. The summed E-state index contributed by atoms with van der Waals surface area (Å²) in [4.78, 5) is 64.5. The van der Waals surface area contributed by atoms with Crippen LogP contribution in [0.2, 0.25) is 5.02 Å². The van der Waals surface area contributed by atoms with Gasteiger partial charge < -0.3 is 40.5 Å². The van der Waals surface area contributed by atoms with Crippen LogP contribution in [-0.4, -0.2) is 92.6 Å². The summed E-state index contributed by atoms with van der Waals surface area (Å²) in [5, 5.41) is 43.1. The molecular formula is C24H22BClF2N4O10. The Kier molecular flexibility index (Phi) is 8.44. The number of urea groups is 1. The molecule has 2 aromatic rings. The molecule has 0 aromatic heterocycles. The Morgan fingerprint density at radius 1 is 1.17 bits per heavy atom. The molecule has 2 unspecified atom stereocenters. The molecule has 6 N–H and O–H groups in total. The maximum absolute atomic E-state index is 15.0. The van der Waals surface area contributed by atoms with Gasteiger partial charge in [-0.3, -0.25) is 19.3 Å². The van der Waals surface area contributed by atoms with E-state index in [9.17, 15) is 48.7 Å². The number of phenols is 2. The number of carbonyl (C=O) groups is 5. The molecule has 0 aliphatic carbocycles. The Balaban J connectivity index is 1.66. The van der Waals surface area contributed by atoms with Gasteiger partial charge in [-0.25, -0.2) is 18.4 Å². The van der Waals surface area contributed by atoms with E-state index in [-0.39, 0.29) is 31.6 Å². The Labute approximate surface area is 240 Å². The number of piperazine rings is 1. The van der Waals surface area contributed by atoms with Crippen molar-refractivity contribution >= 4 is 48.4 Å². The van der Waals surface area contributed by atoms with Crippen molar-refractivity contribution in [2.24, 2.45) is 0 Å². The lowest BCUT2D eigenvalue weighted by Gasteiger charge is -2.33. The van der Waals surface area contributed by atoms with Crippen molar-refractivity contribution in [2.75, 3.05) is 19.6 Å². The van der Waals surface area contributed by atoms with Gasteiger partial charge in [-0.2, -0.15) is 0 Å². The number of carboxylic acid groups (broad SMARTS) is 1. The normalized spacial score (nSPS) is 17.4. The molecule has 42 heavy (non-hydrogen) atoms. The van der Waals surface area contributed by atoms with Gasteiger partial charge in [-0.15, -0.1) is 0 Å². The van der Waals surface area contributed by atoms with Crippen LogP contribution in [0.4, 0.5) is 13.6 Å². The highest BCUT2D eigenvalue weighted by Gasteiger charge is 2.42. The Morgan fingerprint density at radius 3 is 2.50 bits per heavy atom. The molecule has 4 rings (SSSR count). The van der Waals surface area contributed by atoms with Gasteiger partial charge in [0.15, 0.2) is 11.5 Å². The summed E-state index contributed by atoms with van der Waals surface area (Å²) in [5.74, 6) is -11.5. The zero-order chi connectivity index (χ0) is 31.0. The van der Waals surface area contributed by atoms with Crippen LogP contribution < -0.4 is 15.3 Å². The maximum atomic E-state index is 15.0. The minimum absolute atomic E-state index is 0.0234. The van der Waals surface area contributed by atoms with Crippen LogP contribution in [0.5, 0.6) is 17.2 Å². The van der Waals surface area contributed by atoms with Crippen LogP contribution in [-0.2, 0) is 20.8 Å². The van der Waals surface area contributed by atoms with Gasteiger partial charge in [0.2, 0.25) is 5.91 Å². The van der Waals surface area contributed by atoms with Crippen molar-refractivity contribution < 1.29 is 57.8 Å². The highest BCUT2D eigenvalue weighted by Crippen LogP contribution is 2.40. The molecule has 0 saturated carbocycles. The largest absolute Gasteiger partial charge is 0.547 e. The fraction of sp³-hybridized carbons (Fsp3) is 0.292. The lowest BCUT2D eigenvalue weighted by molar-refractivity contribution is -0.153. The van der Waals surface area contributed by atoms with Crippen LogP contribution in [0.25, 0.3) is 0 Å². The van der Waals surface area contributed by atoms with E-state index >= 15 is 4.39 Å². The van der Waals surface area contributed by atoms with E-state index < -0.39 is 93.9 Å². The zero-order valence-corrected chi connectivity index (χ0v) is 22.3. The third-order valence-electron chi connectivity index (χ3n) is 6.71. The predicted molar refractivity (Wildman–Crippen MR) is 138 cm³/mol. The summed E-state index contributed by atoms with van der Waals surface area (Å²) in [5.41, 5.74) is -1.61. The van der Waals surface area contributed by atoms with Crippen molar-refractivity contribution in [1.82, 2.24) is 20.4 Å². The fourth-order valence-corrected chi connectivity index (χ4v) is 4.84. The van der Waals surface area contributed by atoms with E-state index in [0.717, 1.165) is 12.1 Å². The molecular weight excluding hydrogens is 589 g/mol. The third-order valence-corrected chi connectivity index (χ3v) is 7.10. The van der Waals surface area contributed by atoms with E-state index in [2.05, 4.69) is 10.6 Å². The second-order valence-electron chi connectivity index (χ2n) is 9.22. The minimum Gasteiger partial charge on any atom is -0.534 e. The predicted octanol–water partition coefficient (Wildman–Crippen LogP) is 0.309. The first-order chi connectivity index (χ1) is 19.8. The zero-order valence-electron chi connectivity index (χ0n) is 21.6. The lowest BCUT2D eigenvalue weighted by atomic mass is 9.72. The van der Waals surface area contributed by atoms with Gasteiger partial charge in [-0.05, 0) is 25.0 Å². The summed E-state index contributed by atoms with van der Waals surface area (Å²) in [7, 11) is -1.95. The highest BCUT2D eigenvalue weighted by atomic mass is 35.5. The molecule has 18 heteroatoms. The van der Waals surface area contributed by atoms with Crippen LogP contribution in [0.1, 0.15) is 34.5 Å². The van der Waals surface area contributed by atoms with Crippen molar-refractivity contribution in [3.8, 4) is 17.2 Å². The van der Waals surface area contributed by atoms with Gasteiger partial charge in [-0.1, -0.05) is 17.7 Å².